The Kier molecular flexibility index (Phi) is 6.65. The molecule has 0 saturated carbocycles. The maximum Gasteiger partial charge on any atom is 0.244 e. The summed E-state index contributed by atoms with van der Waals surface area (Å²) in [7, 11) is -3.51. The van der Waals surface area contributed by atoms with Crippen molar-refractivity contribution in [3.63, 3.8) is 0 Å². The summed E-state index contributed by atoms with van der Waals surface area (Å²) in [6.45, 7) is 5.39. The molecule has 6 nitrogen and oxygen atoms in total. The van der Waals surface area contributed by atoms with Crippen LogP contribution < -0.4 is 4.74 Å². The molecule has 1 saturated heterocycles. The molecule has 0 unspecified atom stereocenters. The molecular weight excluding hydrogens is 420 g/mol. The van der Waals surface area contributed by atoms with Crippen LogP contribution >= 0.6 is 22.9 Å². The average molecular weight is 443 g/mol. The number of benzene rings is 1. The number of amides is 1. The molecule has 1 aromatic heterocycles. The van der Waals surface area contributed by atoms with E-state index in [9.17, 15) is 13.2 Å². The van der Waals surface area contributed by atoms with E-state index in [1.807, 2.05) is 13.8 Å². The van der Waals surface area contributed by atoms with Gasteiger partial charge in [-0.2, -0.15) is 4.31 Å². The predicted octanol–water partition coefficient (Wildman–Crippen LogP) is 3.32. The number of hydrogen-bond donors (Lipinski definition) is 0. The molecule has 3 rings (SSSR count). The van der Waals surface area contributed by atoms with Crippen LogP contribution in [0.5, 0.6) is 5.75 Å². The minimum Gasteiger partial charge on any atom is -0.493 e. The maximum absolute atomic E-state index is 12.9. The Morgan fingerprint density at radius 2 is 1.79 bits per heavy atom. The molecule has 28 heavy (non-hydrogen) atoms. The second kappa shape index (κ2) is 8.82. The SMILES string of the molecule is Cc1cc(S(=O)(=O)N2CCN(C(=O)CCOc3ccc(Cl)cc3)CC2)c(C)s1. The topological polar surface area (TPSA) is 66.9 Å². The van der Waals surface area contributed by atoms with E-state index >= 15 is 0 Å². The second-order valence-electron chi connectivity index (χ2n) is 6.61. The van der Waals surface area contributed by atoms with Crippen LogP contribution in [0.2, 0.25) is 5.02 Å². The van der Waals surface area contributed by atoms with E-state index in [0.717, 1.165) is 9.75 Å². The fourth-order valence-electron chi connectivity index (χ4n) is 3.13. The molecule has 0 radical (unpaired) electrons. The number of ether oxygens (including phenoxy) is 1. The molecule has 1 aliphatic heterocycles. The summed E-state index contributed by atoms with van der Waals surface area (Å²) in [5.74, 6) is 0.628. The molecule has 0 bridgehead atoms. The van der Waals surface area contributed by atoms with Gasteiger partial charge in [0.05, 0.1) is 17.9 Å². The van der Waals surface area contributed by atoms with Crippen molar-refractivity contribution in [1.29, 1.82) is 0 Å². The highest BCUT2D eigenvalue weighted by atomic mass is 35.5. The zero-order chi connectivity index (χ0) is 20.3. The summed E-state index contributed by atoms with van der Waals surface area (Å²) < 4.78 is 32.7. The minimum absolute atomic E-state index is 0.0337. The van der Waals surface area contributed by atoms with Crippen LogP contribution in [0, 0.1) is 13.8 Å². The van der Waals surface area contributed by atoms with E-state index in [2.05, 4.69) is 0 Å². The van der Waals surface area contributed by atoms with Crippen molar-refractivity contribution in [2.45, 2.75) is 25.2 Å². The molecule has 152 valence electrons. The summed E-state index contributed by atoms with van der Waals surface area (Å²) in [6, 6.07) is 8.69. The Labute approximate surface area is 174 Å². The number of rotatable bonds is 6. The fourth-order valence-corrected chi connectivity index (χ4v) is 6.20. The Balaban J connectivity index is 1.49. The van der Waals surface area contributed by atoms with Gasteiger partial charge in [0.2, 0.25) is 15.9 Å². The molecular formula is C19H23ClN2O4S2. The third-order valence-electron chi connectivity index (χ3n) is 4.60. The Bertz CT molecular complexity index is 933. The first-order chi connectivity index (χ1) is 13.3. The summed E-state index contributed by atoms with van der Waals surface area (Å²) in [5, 5.41) is 0.629. The summed E-state index contributed by atoms with van der Waals surface area (Å²) in [5.41, 5.74) is 0. The number of thiophene rings is 1. The van der Waals surface area contributed by atoms with E-state index in [-0.39, 0.29) is 18.9 Å². The summed E-state index contributed by atoms with van der Waals surface area (Å²) in [4.78, 5) is 16.2. The quantitative estimate of drug-likeness (QED) is 0.688. The van der Waals surface area contributed by atoms with Crippen molar-refractivity contribution >= 4 is 38.9 Å². The zero-order valence-electron chi connectivity index (χ0n) is 15.9. The first kappa shape index (κ1) is 21.1. The molecule has 1 fully saturated rings. The van der Waals surface area contributed by atoms with Gasteiger partial charge in [-0.3, -0.25) is 4.79 Å². The maximum atomic E-state index is 12.9. The monoisotopic (exact) mass is 442 g/mol. The standard InChI is InChI=1S/C19H23ClN2O4S2/c1-14-13-18(15(2)27-14)28(24,25)22-10-8-21(9-11-22)19(23)7-12-26-17-5-3-16(20)4-6-17/h3-6,13H,7-12H2,1-2H3. The van der Waals surface area contributed by atoms with Gasteiger partial charge in [-0.15, -0.1) is 11.3 Å². The highest BCUT2D eigenvalue weighted by Crippen LogP contribution is 2.28. The molecule has 1 aliphatic rings. The lowest BCUT2D eigenvalue weighted by Crippen LogP contribution is -2.50. The average Bonchev–Trinajstić information content (AvgIpc) is 3.02. The van der Waals surface area contributed by atoms with Crippen molar-refractivity contribution in [3.05, 3.63) is 45.1 Å². The van der Waals surface area contributed by atoms with Crippen molar-refractivity contribution in [2.24, 2.45) is 0 Å². The van der Waals surface area contributed by atoms with Gasteiger partial charge >= 0.3 is 0 Å². The molecule has 0 N–H and O–H groups in total. The van der Waals surface area contributed by atoms with E-state index in [1.165, 1.54) is 15.6 Å². The predicted molar refractivity (Wildman–Crippen MR) is 111 cm³/mol. The van der Waals surface area contributed by atoms with E-state index < -0.39 is 10.0 Å². The van der Waals surface area contributed by atoms with Crippen molar-refractivity contribution < 1.29 is 17.9 Å². The number of sulfonamides is 1. The largest absolute Gasteiger partial charge is 0.493 e. The molecule has 1 amide bonds. The van der Waals surface area contributed by atoms with Gasteiger partial charge in [0.25, 0.3) is 0 Å². The van der Waals surface area contributed by atoms with Crippen LogP contribution in [0.4, 0.5) is 0 Å². The molecule has 9 heteroatoms. The molecule has 0 spiro atoms. The van der Waals surface area contributed by atoms with Crippen LogP contribution in [-0.4, -0.2) is 56.3 Å². The number of aryl methyl sites for hydroxylation is 2. The van der Waals surface area contributed by atoms with Gasteiger partial charge in [0.1, 0.15) is 5.75 Å². The number of hydrogen-bond acceptors (Lipinski definition) is 5. The number of piperazine rings is 1. The highest BCUT2D eigenvalue weighted by Gasteiger charge is 2.31. The van der Waals surface area contributed by atoms with Gasteiger partial charge < -0.3 is 9.64 Å². The molecule has 2 aromatic rings. The molecule has 2 heterocycles. The Morgan fingerprint density at radius 3 is 2.36 bits per heavy atom. The Morgan fingerprint density at radius 1 is 1.14 bits per heavy atom. The van der Waals surface area contributed by atoms with E-state index in [4.69, 9.17) is 16.3 Å². The molecule has 0 atom stereocenters. The van der Waals surface area contributed by atoms with Crippen LogP contribution in [0.3, 0.4) is 0 Å². The van der Waals surface area contributed by atoms with Crippen molar-refractivity contribution in [1.82, 2.24) is 9.21 Å². The zero-order valence-corrected chi connectivity index (χ0v) is 18.2. The van der Waals surface area contributed by atoms with Crippen LogP contribution in [-0.2, 0) is 14.8 Å². The number of carbonyl (C=O) groups is 1. The number of halogens is 1. The van der Waals surface area contributed by atoms with Gasteiger partial charge in [0.15, 0.2) is 0 Å². The fraction of sp³-hybridized carbons (Fsp3) is 0.421. The second-order valence-corrected chi connectivity index (χ2v) is 10.4. The Hall–Kier alpha value is -1.61. The third kappa shape index (κ3) is 4.86. The van der Waals surface area contributed by atoms with Crippen LogP contribution in [0.1, 0.15) is 16.2 Å². The summed E-state index contributed by atoms with van der Waals surface area (Å²) >= 11 is 7.31. The number of carbonyl (C=O) groups excluding carboxylic acids is 1. The van der Waals surface area contributed by atoms with Crippen LogP contribution in [0.15, 0.2) is 35.2 Å². The lowest BCUT2D eigenvalue weighted by Gasteiger charge is -2.34. The van der Waals surface area contributed by atoms with Gasteiger partial charge in [-0.05, 0) is 44.2 Å². The molecule has 0 aliphatic carbocycles. The third-order valence-corrected chi connectivity index (χ3v) is 7.97. The van der Waals surface area contributed by atoms with Gasteiger partial charge in [-0.25, -0.2) is 8.42 Å². The lowest BCUT2D eigenvalue weighted by atomic mass is 10.3. The lowest BCUT2D eigenvalue weighted by molar-refractivity contribution is -0.132. The molecule has 1 aromatic carbocycles. The van der Waals surface area contributed by atoms with Crippen molar-refractivity contribution in [3.8, 4) is 5.75 Å². The first-order valence-corrected chi connectivity index (χ1v) is 11.6. The van der Waals surface area contributed by atoms with Gasteiger partial charge in [0, 0.05) is 41.0 Å². The van der Waals surface area contributed by atoms with Gasteiger partial charge in [-0.1, -0.05) is 11.6 Å². The normalized spacial score (nSPS) is 15.6. The van der Waals surface area contributed by atoms with E-state index in [1.54, 1.807) is 35.2 Å². The summed E-state index contributed by atoms with van der Waals surface area (Å²) in [6.07, 6.45) is 0.248. The van der Waals surface area contributed by atoms with Crippen molar-refractivity contribution in [2.75, 3.05) is 32.8 Å². The number of nitrogens with zero attached hydrogens (tertiary/aromatic N) is 2. The first-order valence-electron chi connectivity index (χ1n) is 9.00. The van der Waals surface area contributed by atoms with Crippen LogP contribution in [0.25, 0.3) is 0 Å². The minimum atomic E-state index is -3.51. The van der Waals surface area contributed by atoms with E-state index in [0.29, 0.717) is 41.8 Å². The highest BCUT2D eigenvalue weighted by molar-refractivity contribution is 7.89. The smallest absolute Gasteiger partial charge is 0.244 e.